The fourth-order valence-corrected chi connectivity index (χ4v) is 3.32. The minimum absolute atomic E-state index is 0.0949. The van der Waals surface area contributed by atoms with E-state index in [0.717, 1.165) is 23.9 Å². The Bertz CT molecular complexity index is 438. The number of aliphatic carboxylic acids is 1. The van der Waals surface area contributed by atoms with E-state index in [1.807, 2.05) is 0 Å². The number of likely N-dealkylation sites (N-methyl/N-ethyl adjacent to an activating group) is 1. The van der Waals surface area contributed by atoms with Crippen LogP contribution in [0.5, 0.6) is 0 Å². The highest BCUT2D eigenvalue weighted by Crippen LogP contribution is 2.10. The molecule has 1 N–H and O–H groups in total. The second-order valence-electron chi connectivity index (χ2n) is 9.15. The predicted octanol–water partition coefficient (Wildman–Crippen LogP) is 6.37. The van der Waals surface area contributed by atoms with Gasteiger partial charge in [0.05, 0.1) is 27.6 Å². The van der Waals surface area contributed by atoms with Crippen LogP contribution in [0.3, 0.4) is 0 Å². The summed E-state index contributed by atoms with van der Waals surface area (Å²) in [5.41, 5.74) is 0. The van der Waals surface area contributed by atoms with Crippen LogP contribution in [0, 0.1) is 0 Å². The summed E-state index contributed by atoms with van der Waals surface area (Å²) in [6.07, 6.45) is 23.9. The van der Waals surface area contributed by atoms with Crippen molar-refractivity contribution in [2.75, 3.05) is 34.3 Å². The summed E-state index contributed by atoms with van der Waals surface area (Å²) in [6, 6.07) is 0. The van der Waals surface area contributed by atoms with Crippen molar-refractivity contribution < 1.29 is 19.1 Å². The molecule has 0 aromatic carbocycles. The Balaban J connectivity index is 3.53. The molecule has 0 heterocycles. The molecule has 0 saturated heterocycles. The zero-order valence-electron chi connectivity index (χ0n) is 19.7. The highest BCUT2D eigenvalue weighted by Gasteiger charge is 2.21. The summed E-state index contributed by atoms with van der Waals surface area (Å²) in [5, 5.41) is 9.03. The average Bonchev–Trinajstić information content (AvgIpc) is 2.62. The molecule has 0 rings (SSSR count). The van der Waals surface area contributed by atoms with Gasteiger partial charge in [0.2, 0.25) is 0 Å². The zero-order chi connectivity index (χ0) is 21.8. The molecular weight excluding hydrogens is 362 g/mol. The Morgan fingerprint density at radius 3 is 1.97 bits per heavy atom. The Hall–Kier alpha value is -1.13. The minimum Gasteiger partial charge on any atom is -0.481 e. The number of quaternary nitrogens is 1. The molecule has 0 fully saturated rings. The zero-order valence-corrected chi connectivity index (χ0v) is 19.7. The first-order valence-electron chi connectivity index (χ1n) is 11.8. The van der Waals surface area contributed by atoms with E-state index in [1.165, 1.54) is 64.2 Å². The molecule has 0 aromatic rings. The number of carbonyl (C=O) groups is 1. The van der Waals surface area contributed by atoms with E-state index >= 15 is 0 Å². The molecule has 0 bridgehead atoms. The number of ether oxygens (including phenoxy) is 1. The lowest BCUT2D eigenvalue weighted by Crippen LogP contribution is -2.43. The van der Waals surface area contributed by atoms with Gasteiger partial charge in [-0.25, -0.2) is 0 Å². The normalized spacial score (nSPS) is 13.5. The van der Waals surface area contributed by atoms with Gasteiger partial charge in [0.15, 0.2) is 0 Å². The molecule has 4 heteroatoms. The van der Waals surface area contributed by atoms with Crippen LogP contribution >= 0.6 is 0 Å². The summed E-state index contributed by atoms with van der Waals surface area (Å²) in [5.74, 6) is -0.777. The first-order chi connectivity index (χ1) is 13.8. The van der Waals surface area contributed by atoms with Crippen molar-refractivity contribution in [1.82, 2.24) is 0 Å². The number of hydrogen-bond acceptors (Lipinski definition) is 2. The molecule has 0 aliphatic heterocycles. The van der Waals surface area contributed by atoms with Crippen molar-refractivity contribution in [3.63, 3.8) is 0 Å². The summed E-state index contributed by atoms with van der Waals surface area (Å²) >= 11 is 0. The molecule has 1 atom stereocenters. The largest absolute Gasteiger partial charge is 0.481 e. The van der Waals surface area contributed by atoms with Gasteiger partial charge >= 0.3 is 5.97 Å². The third-order valence-electron chi connectivity index (χ3n) is 4.85. The lowest BCUT2D eigenvalue weighted by Gasteiger charge is -2.28. The molecule has 29 heavy (non-hydrogen) atoms. The summed E-state index contributed by atoms with van der Waals surface area (Å²) in [7, 11) is 6.20. The van der Waals surface area contributed by atoms with Crippen LogP contribution in [0.1, 0.15) is 90.4 Å². The van der Waals surface area contributed by atoms with Crippen molar-refractivity contribution >= 4 is 5.97 Å². The quantitative estimate of drug-likeness (QED) is 0.144. The molecule has 0 radical (unpaired) electrons. The second kappa shape index (κ2) is 18.9. The van der Waals surface area contributed by atoms with Crippen molar-refractivity contribution in [3.05, 3.63) is 24.3 Å². The standard InChI is InChI=1S/C25H47NO3/c1-5-6-7-8-9-10-11-12-13-14-15-16-17-18-19-20-21-29-24(22-25(27)28)23-26(2,3)4/h9-10,12-13,24H,5-8,11,14-23H2,1-4H3/p+1/b10-9-,13-12-. The van der Waals surface area contributed by atoms with E-state index in [-0.39, 0.29) is 12.5 Å². The van der Waals surface area contributed by atoms with E-state index in [4.69, 9.17) is 9.84 Å². The number of allylic oxidation sites excluding steroid dienone is 4. The smallest absolute Gasteiger partial charge is 0.306 e. The van der Waals surface area contributed by atoms with Gasteiger partial charge in [-0.15, -0.1) is 0 Å². The SMILES string of the molecule is CCCCC/C=C\C/C=C\CCCCCCCCOC(CC(=O)O)C[N+](C)(C)C. The topological polar surface area (TPSA) is 46.5 Å². The monoisotopic (exact) mass is 410 g/mol. The van der Waals surface area contributed by atoms with Gasteiger partial charge in [-0.2, -0.15) is 0 Å². The highest BCUT2D eigenvalue weighted by atomic mass is 16.5. The summed E-state index contributed by atoms with van der Waals surface area (Å²) in [4.78, 5) is 11.0. The number of rotatable bonds is 20. The Kier molecular flexibility index (Phi) is 18.1. The van der Waals surface area contributed by atoms with Gasteiger partial charge in [0, 0.05) is 6.61 Å². The number of nitrogens with zero attached hydrogens (tertiary/aromatic N) is 1. The van der Waals surface area contributed by atoms with Crippen LogP contribution < -0.4 is 0 Å². The number of unbranched alkanes of at least 4 members (excludes halogenated alkanes) is 9. The first kappa shape index (κ1) is 27.9. The van der Waals surface area contributed by atoms with Gasteiger partial charge in [0.1, 0.15) is 12.6 Å². The van der Waals surface area contributed by atoms with Crippen molar-refractivity contribution in [1.29, 1.82) is 0 Å². The number of hydrogen-bond donors (Lipinski definition) is 1. The molecular formula is C25H48NO3+. The summed E-state index contributed by atoms with van der Waals surface area (Å²) in [6.45, 7) is 3.65. The fraction of sp³-hybridized carbons (Fsp3) is 0.800. The summed E-state index contributed by atoms with van der Waals surface area (Å²) < 4.78 is 6.56. The predicted molar refractivity (Wildman–Crippen MR) is 124 cm³/mol. The third-order valence-corrected chi connectivity index (χ3v) is 4.85. The minimum atomic E-state index is -0.777. The van der Waals surface area contributed by atoms with E-state index in [2.05, 4.69) is 52.4 Å². The number of carboxylic acids is 1. The first-order valence-corrected chi connectivity index (χ1v) is 11.8. The Labute approximate surface area is 180 Å². The molecule has 0 amide bonds. The van der Waals surface area contributed by atoms with Gasteiger partial charge in [0.25, 0.3) is 0 Å². The second-order valence-corrected chi connectivity index (χ2v) is 9.15. The van der Waals surface area contributed by atoms with Crippen LogP contribution in [0.2, 0.25) is 0 Å². The molecule has 170 valence electrons. The maximum absolute atomic E-state index is 11.0. The van der Waals surface area contributed by atoms with E-state index in [0.29, 0.717) is 6.61 Å². The van der Waals surface area contributed by atoms with Crippen LogP contribution in [0.25, 0.3) is 0 Å². The average molecular weight is 411 g/mol. The lowest BCUT2D eigenvalue weighted by molar-refractivity contribution is -0.873. The van der Waals surface area contributed by atoms with Crippen LogP contribution in [0.4, 0.5) is 0 Å². The van der Waals surface area contributed by atoms with Gasteiger partial charge in [-0.3, -0.25) is 4.79 Å². The lowest BCUT2D eigenvalue weighted by atomic mass is 10.1. The van der Waals surface area contributed by atoms with Gasteiger partial charge < -0.3 is 14.3 Å². The van der Waals surface area contributed by atoms with E-state index in [9.17, 15) is 4.79 Å². The highest BCUT2D eigenvalue weighted by molar-refractivity contribution is 5.67. The van der Waals surface area contributed by atoms with Crippen LogP contribution in [-0.2, 0) is 9.53 Å². The van der Waals surface area contributed by atoms with Gasteiger partial charge in [-0.1, -0.05) is 69.8 Å². The Morgan fingerprint density at radius 1 is 0.862 bits per heavy atom. The fourth-order valence-electron chi connectivity index (χ4n) is 3.32. The molecule has 4 nitrogen and oxygen atoms in total. The van der Waals surface area contributed by atoms with Crippen molar-refractivity contribution in [2.45, 2.75) is 96.5 Å². The maximum atomic E-state index is 11.0. The molecule has 0 spiro atoms. The molecule has 1 unspecified atom stereocenters. The Morgan fingerprint density at radius 2 is 1.41 bits per heavy atom. The number of carboxylic acid groups (broad SMARTS) is 1. The molecule has 0 aliphatic rings. The van der Waals surface area contributed by atoms with E-state index < -0.39 is 5.97 Å². The molecule has 0 aromatic heterocycles. The van der Waals surface area contributed by atoms with Crippen LogP contribution in [-0.4, -0.2) is 56.0 Å². The molecule has 0 saturated carbocycles. The maximum Gasteiger partial charge on any atom is 0.306 e. The molecule has 0 aliphatic carbocycles. The third kappa shape index (κ3) is 23.0. The van der Waals surface area contributed by atoms with Crippen LogP contribution in [0.15, 0.2) is 24.3 Å². The van der Waals surface area contributed by atoms with Crippen molar-refractivity contribution in [3.8, 4) is 0 Å². The van der Waals surface area contributed by atoms with Crippen molar-refractivity contribution in [2.24, 2.45) is 0 Å². The van der Waals surface area contributed by atoms with E-state index in [1.54, 1.807) is 0 Å². The van der Waals surface area contributed by atoms with Gasteiger partial charge in [-0.05, 0) is 38.5 Å².